The van der Waals surface area contributed by atoms with Gasteiger partial charge in [0, 0.05) is 36.6 Å². The van der Waals surface area contributed by atoms with E-state index in [0.717, 1.165) is 17.0 Å². The number of nitrogens with zero attached hydrogens (tertiary/aromatic N) is 2. The van der Waals surface area contributed by atoms with Gasteiger partial charge in [0.05, 0.1) is 13.0 Å². The van der Waals surface area contributed by atoms with Crippen molar-refractivity contribution in [3.63, 3.8) is 0 Å². The molecule has 0 N–H and O–H groups in total. The highest BCUT2D eigenvalue weighted by molar-refractivity contribution is 7.10. The molecule has 3 rings (SSSR count). The molecule has 26 heavy (non-hydrogen) atoms. The van der Waals surface area contributed by atoms with E-state index >= 15 is 0 Å². The maximum Gasteiger partial charge on any atom is 0.253 e. The quantitative estimate of drug-likeness (QED) is 0.783. The number of benzene rings is 1. The van der Waals surface area contributed by atoms with Crippen LogP contribution >= 0.6 is 11.3 Å². The molecule has 0 saturated carbocycles. The van der Waals surface area contributed by atoms with Crippen LogP contribution in [0.1, 0.15) is 28.6 Å². The molecule has 5 nitrogen and oxygen atoms in total. The molecule has 0 unspecified atom stereocenters. The summed E-state index contributed by atoms with van der Waals surface area (Å²) < 4.78 is 5.55. The summed E-state index contributed by atoms with van der Waals surface area (Å²) in [6.45, 7) is 5.06. The van der Waals surface area contributed by atoms with Crippen molar-refractivity contribution < 1.29 is 14.3 Å². The Morgan fingerprint density at radius 1 is 1.04 bits per heavy atom. The van der Waals surface area contributed by atoms with Crippen molar-refractivity contribution in [2.45, 2.75) is 19.8 Å². The van der Waals surface area contributed by atoms with Crippen molar-refractivity contribution in [2.75, 3.05) is 32.8 Å². The molecule has 1 aliphatic rings. The second-order valence-corrected chi connectivity index (χ2v) is 7.33. The summed E-state index contributed by atoms with van der Waals surface area (Å²) >= 11 is 1.60. The zero-order chi connectivity index (χ0) is 18.4. The van der Waals surface area contributed by atoms with E-state index in [1.807, 2.05) is 51.6 Å². The van der Waals surface area contributed by atoms with Crippen molar-refractivity contribution in [1.29, 1.82) is 0 Å². The van der Waals surface area contributed by atoms with Gasteiger partial charge in [-0.2, -0.15) is 0 Å². The van der Waals surface area contributed by atoms with Gasteiger partial charge in [-0.1, -0.05) is 13.0 Å². The minimum atomic E-state index is 0.0115. The van der Waals surface area contributed by atoms with Crippen molar-refractivity contribution in [3.8, 4) is 5.75 Å². The van der Waals surface area contributed by atoms with Crippen LogP contribution in [0.4, 0.5) is 0 Å². The highest BCUT2D eigenvalue weighted by atomic mass is 32.1. The maximum atomic E-state index is 12.6. The normalized spacial score (nSPS) is 14.3. The smallest absolute Gasteiger partial charge is 0.253 e. The average molecular weight is 372 g/mol. The largest absolute Gasteiger partial charge is 0.494 e. The van der Waals surface area contributed by atoms with Gasteiger partial charge in [-0.15, -0.1) is 11.3 Å². The summed E-state index contributed by atoms with van der Waals surface area (Å²) in [5, 5.41) is 1.98. The highest BCUT2D eigenvalue weighted by Gasteiger charge is 2.25. The molecule has 0 spiro atoms. The Kier molecular flexibility index (Phi) is 6.28. The first-order chi connectivity index (χ1) is 12.7. The molecule has 1 aromatic carbocycles. The fourth-order valence-electron chi connectivity index (χ4n) is 2.93. The third-order valence-electron chi connectivity index (χ3n) is 4.40. The van der Waals surface area contributed by atoms with Crippen LogP contribution in [0, 0.1) is 0 Å². The zero-order valence-corrected chi connectivity index (χ0v) is 15.8. The van der Waals surface area contributed by atoms with Crippen LogP contribution in [0.2, 0.25) is 0 Å². The van der Waals surface area contributed by atoms with Crippen molar-refractivity contribution in [1.82, 2.24) is 9.80 Å². The van der Waals surface area contributed by atoms with Gasteiger partial charge in [0.25, 0.3) is 5.91 Å². The Labute approximate surface area is 158 Å². The molecule has 2 aromatic rings. The molecule has 0 bridgehead atoms. The number of thiophene rings is 1. The van der Waals surface area contributed by atoms with Crippen LogP contribution < -0.4 is 4.74 Å². The minimum Gasteiger partial charge on any atom is -0.494 e. The minimum absolute atomic E-state index is 0.0115. The van der Waals surface area contributed by atoms with E-state index in [0.29, 0.717) is 44.8 Å². The molecular formula is C20H24N2O3S. The summed E-state index contributed by atoms with van der Waals surface area (Å²) in [6, 6.07) is 11.2. The molecule has 1 aliphatic heterocycles. The highest BCUT2D eigenvalue weighted by Crippen LogP contribution is 2.16. The molecule has 138 valence electrons. The summed E-state index contributed by atoms with van der Waals surface area (Å²) in [5.41, 5.74) is 0.659. The lowest BCUT2D eigenvalue weighted by molar-refractivity contribution is -0.131. The molecule has 0 aliphatic carbocycles. The summed E-state index contributed by atoms with van der Waals surface area (Å²) in [4.78, 5) is 29.7. The average Bonchev–Trinajstić information content (AvgIpc) is 3.19. The predicted octanol–water partition coefficient (Wildman–Crippen LogP) is 3.06. The molecule has 0 atom stereocenters. The number of rotatable bonds is 6. The first kappa shape index (κ1) is 18.5. The van der Waals surface area contributed by atoms with E-state index in [1.54, 1.807) is 11.3 Å². The number of amides is 2. The van der Waals surface area contributed by atoms with Crippen LogP contribution in [0.15, 0.2) is 41.8 Å². The summed E-state index contributed by atoms with van der Waals surface area (Å²) in [6.07, 6.45) is 1.40. The van der Waals surface area contributed by atoms with Gasteiger partial charge < -0.3 is 14.5 Å². The number of carbonyl (C=O) groups excluding carboxylic acids is 2. The van der Waals surface area contributed by atoms with Crippen LogP contribution in [-0.2, 0) is 11.2 Å². The van der Waals surface area contributed by atoms with E-state index < -0.39 is 0 Å². The second-order valence-electron chi connectivity index (χ2n) is 6.30. The van der Waals surface area contributed by atoms with Crippen molar-refractivity contribution in [3.05, 3.63) is 52.2 Å². The first-order valence-corrected chi connectivity index (χ1v) is 9.87. The van der Waals surface area contributed by atoms with E-state index in [1.165, 1.54) is 0 Å². The van der Waals surface area contributed by atoms with Gasteiger partial charge >= 0.3 is 0 Å². The standard InChI is InChI=1S/C20H24N2O3S/c1-2-13-25-17-7-5-16(6-8-17)20(24)22-11-9-21(10-12-22)19(23)15-18-4-3-14-26-18/h3-8,14H,2,9-13,15H2,1H3. The SMILES string of the molecule is CCCOc1ccc(C(=O)N2CCN(C(=O)Cc3cccs3)CC2)cc1. The lowest BCUT2D eigenvalue weighted by atomic mass is 10.1. The third-order valence-corrected chi connectivity index (χ3v) is 5.28. The molecule has 1 aromatic heterocycles. The van der Waals surface area contributed by atoms with E-state index in [-0.39, 0.29) is 11.8 Å². The molecule has 1 saturated heterocycles. The lowest BCUT2D eigenvalue weighted by Crippen LogP contribution is -2.50. The van der Waals surface area contributed by atoms with Gasteiger partial charge in [0.1, 0.15) is 5.75 Å². The van der Waals surface area contributed by atoms with Crippen LogP contribution in [0.25, 0.3) is 0 Å². The topological polar surface area (TPSA) is 49.9 Å². The number of carbonyl (C=O) groups is 2. The fourth-order valence-corrected chi connectivity index (χ4v) is 3.63. The van der Waals surface area contributed by atoms with Crippen molar-refractivity contribution in [2.24, 2.45) is 0 Å². The summed E-state index contributed by atoms with van der Waals surface area (Å²) in [7, 11) is 0. The first-order valence-electron chi connectivity index (χ1n) is 8.99. The van der Waals surface area contributed by atoms with Crippen LogP contribution in [0.5, 0.6) is 5.75 Å². The predicted molar refractivity (Wildman–Crippen MR) is 103 cm³/mol. The van der Waals surface area contributed by atoms with Gasteiger partial charge in [-0.25, -0.2) is 0 Å². The monoisotopic (exact) mass is 372 g/mol. The molecule has 6 heteroatoms. The number of piperazine rings is 1. The van der Waals surface area contributed by atoms with Crippen LogP contribution in [-0.4, -0.2) is 54.4 Å². The number of hydrogen-bond acceptors (Lipinski definition) is 4. The van der Waals surface area contributed by atoms with Crippen LogP contribution in [0.3, 0.4) is 0 Å². The fraction of sp³-hybridized carbons (Fsp3) is 0.400. The van der Waals surface area contributed by atoms with Gasteiger partial charge in [0.2, 0.25) is 5.91 Å². The molecular weight excluding hydrogens is 348 g/mol. The van der Waals surface area contributed by atoms with Gasteiger partial charge in [-0.05, 0) is 42.1 Å². The van der Waals surface area contributed by atoms with Crippen molar-refractivity contribution >= 4 is 23.2 Å². The summed E-state index contributed by atoms with van der Waals surface area (Å²) in [5.74, 6) is 0.932. The second kappa shape index (κ2) is 8.85. The molecule has 0 radical (unpaired) electrons. The lowest BCUT2D eigenvalue weighted by Gasteiger charge is -2.34. The Bertz CT molecular complexity index is 720. The Morgan fingerprint density at radius 2 is 1.73 bits per heavy atom. The Balaban J connectivity index is 1.50. The van der Waals surface area contributed by atoms with E-state index in [9.17, 15) is 9.59 Å². The van der Waals surface area contributed by atoms with Gasteiger partial charge in [-0.3, -0.25) is 9.59 Å². The van der Waals surface area contributed by atoms with E-state index in [2.05, 4.69) is 6.92 Å². The number of hydrogen-bond donors (Lipinski definition) is 0. The molecule has 1 fully saturated rings. The van der Waals surface area contributed by atoms with Gasteiger partial charge in [0.15, 0.2) is 0 Å². The van der Waals surface area contributed by atoms with E-state index in [4.69, 9.17) is 4.74 Å². The molecule has 2 amide bonds. The number of ether oxygens (including phenoxy) is 1. The third kappa shape index (κ3) is 4.64. The Hall–Kier alpha value is -2.34. The molecule has 2 heterocycles. The zero-order valence-electron chi connectivity index (χ0n) is 15.0. The Morgan fingerprint density at radius 3 is 2.35 bits per heavy atom. The maximum absolute atomic E-state index is 12.6.